The Morgan fingerprint density at radius 3 is 2.14 bits per heavy atom. The maximum absolute atomic E-state index is 5.61. The van der Waals surface area contributed by atoms with Crippen LogP contribution < -0.4 is 0 Å². The van der Waals surface area contributed by atoms with Crippen LogP contribution in [0.4, 0.5) is 0 Å². The second-order valence-corrected chi connectivity index (χ2v) is 5.46. The first-order valence-electron chi connectivity index (χ1n) is 5.30. The predicted molar refractivity (Wildman–Crippen MR) is 70.6 cm³/mol. The van der Waals surface area contributed by atoms with Gasteiger partial charge in [-0.2, -0.15) is 0 Å². The smallest absolute Gasteiger partial charge is 0.0488 e. The van der Waals surface area contributed by atoms with Gasteiger partial charge >= 0.3 is 0 Å². The van der Waals surface area contributed by atoms with E-state index in [4.69, 9.17) is 4.74 Å². The molecule has 0 fully saturated rings. The van der Waals surface area contributed by atoms with E-state index in [1.165, 1.54) is 6.42 Å². The van der Waals surface area contributed by atoms with Crippen molar-refractivity contribution in [2.45, 2.75) is 33.6 Å². The molecule has 1 nitrogen and oxygen atoms in total. The summed E-state index contributed by atoms with van der Waals surface area (Å²) in [6, 6.07) is 0. The van der Waals surface area contributed by atoms with Crippen molar-refractivity contribution in [3.05, 3.63) is 0 Å². The highest BCUT2D eigenvalue weighted by molar-refractivity contribution is 9.09. The van der Waals surface area contributed by atoms with Gasteiger partial charge in [0.1, 0.15) is 0 Å². The second-order valence-electron chi connectivity index (χ2n) is 4.34. The Bertz CT molecular complexity index is 125. The van der Waals surface area contributed by atoms with Crippen LogP contribution in [0.25, 0.3) is 0 Å². The summed E-state index contributed by atoms with van der Waals surface area (Å²) in [5.74, 6) is 0.638. The Morgan fingerprint density at radius 1 is 1.21 bits per heavy atom. The number of hydrogen-bond acceptors (Lipinski definition) is 1. The molecule has 0 aliphatic carbocycles. The van der Waals surface area contributed by atoms with Crippen LogP contribution in [0, 0.1) is 11.3 Å². The molecule has 3 heteroatoms. The van der Waals surface area contributed by atoms with Crippen LogP contribution in [0.1, 0.15) is 33.6 Å². The fraction of sp³-hybridized carbons (Fsp3) is 1.00. The van der Waals surface area contributed by atoms with Gasteiger partial charge in [-0.1, -0.05) is 52.6 Å². The Morgan fingerprint density at radius 2 is 1.79 bits per heavy atom. The van der Waals surface area contributed by atoms with Gasteiger partial charge in [-0.3, -0.25) is 0 Å². The molecule has 0 rings (SSSR count). The quantitative estimate of drug-likeness (QED) is 0.478. The standard InChI is InChI=1S/C11H22Br2O/c1-4-11(8-12,9-13)5-6-14-7-10(2)3/h10H,4-9H2,1-3H3. The summed E-state index contributed by atoms with van der Waals surface area (Å²) in [5.41, 5.74) is 0.372. The molecular weight excluding hydrogens is 308 g/mol. The molecule has 86 valence electrons. The lowest BCUT2D eigenvalue weighted by atomic mass is 9.87. The van der Waals surface area contributed by atoms with Crippen LogP contribution in [0.5, 0.6) is 0 Å². The molecule has 0 aliphatic heterocycles. The lowest BCUT2D eigenvalue weighted by molar-refractivity contribution is 0.0862. The van der Waals surface area contributed by atoms with Crippen molar-refractivity contribution in [1.82, 2.24) is 0 Å². The van der Waals surface area contributed by atoms with Crippen LogP contribution in [-0.2, 0) is 4.74 Å². The van der Waals surface area contributed by atoms with Gasteiger partial charge in [0.05, 0.1) is 0 Å². The molecule has 14 heavy (non-hydrogen) atoms. The minimum absolute atomic E-state index is 0.372. The van der Waals surface area contributed by atoms with Crippen molar-refractivity contribution >= 4 is 31.9 Å². The highest BCUT2D eigenvalue weighted by Gasteiger charge is 2.25. The molecule has 0 radical (unpaired) electrons. The van der Waals surface area contributed by atoms with E-state index in [0.29, 0.717) is 11.3 Å². The van der Waals surface area contributed by atoms with Gasteiger partial charge in [0.2, 0.25) is 0 Å². The molecule has 0 aromatic heterocycles. The lowest BCUT2D eigenvalue weighted by Crippen LogP contribution is -2.26. The Balaban J connectivity index is 3.71. The zero-order chi connectivity index (χ0) is 11.0. The van der Waals surface area contributed by atoms with Gasteiger partial charge in [-0.25, -0.2) is 0 Å². The van der Waals surface area contributed by atoms with Crippen molar-refractivity contribution in [2.75, 3.05) is 23.9 Å². The Kier molecular flexibility index (Phi) is 8.65. The molecule has 0 atom stereocenters. The van der Waals surface area contributed by atoms with Gasteiger partial charge in [0.15, 0.2) is 0 Å². The van der Waals surface area contributed by atoms with Crippen LogP contribution in [0.2, 0.25) is 0 Å². The summed E-state index contributed by atoms with van der Waals surface area (Å²) >= 11 is 7.18. The number of rotatable bonds is 8. The first-order chi connectivity index (χ1) is 6.60. The Hall–Kier alpha value is 0.920. The summed E-state index contributed by atoms with van der Waals surface area (Å²) < 4.78 is 5.61. The fourth-order valence-corrected chi connectivity index (χ4v) is 3.43. The van der Waals surface area contributed by atoms with E-state index in [2.05, 4.69) is 52.6 Å². The van der Waals surface area contributed by atoms with Crippen LogP contribution >= 0.6 is 31.9 Å². The minimum Gasteiger partial charge on any atom is -0.381 e. The Labute approximate surface area is 105 Å². The summed E-state index contributed by atoms with van der Waals surface area (Å²) in [4.78, 5) is 0. The first kappa shape index (κ1) is 14.9. The van der Waals surface area contributed by atoms with E-state index in [0.717, 1.165) is 30.3 Å². The van der Waals surface area contributed by atoms with Crippen molar-refractivity contribution in [3.63, 3.8) is 0 Å². The summed E-state index contributed by atoms with van der Waals surface area (Å²) in [6.07, 6.45) is 2.32. The maximum Gasteiger partial charge on any atom is 0.0488 e. The van der Waals surface area contributed by atoms with E-state index >= 15 is 0 Å². The lowest BCUT2D eigenvalue weighted by Gasteiger charge is -2.28. The van der Waals surface area contributed by atoms with E-state index in [1.807, 2.05) is 0 Å². The molecule has 0 unspecified atom stereocenters. The predicted octanol–water partition coefficient (Wildman–Crippen LogP) is 4.24. The first-order valence-corrected chi connectivity index (χ1v) is 7.54. The van der Waals surface area contributed by atoms with Gasteiger partial charge in [-0.15, -0.1) is 0 Å². The topological polar surface area (TPSA) is 9.23 Å². The summed E-state index contributed by atoms with van der Waals surface area (Å²) in [5, 5.41) is 2.10. The molecule has 0 saturated heterocycles. The van der Waals surface area contributed by atoms with E-state index in [-0.39, 0.29) is 0 Å². The SMILES string of the molecule is CCC(CBr)(CBr)CCOCC(C)C. The molecule has 0 aliphatic rings. The summed E-state index contributed by atoms with van der Waals surface area (Å²) in [6.45, 7) is 8.36. The van der Waals surface area contributed by atoms with Gasteiger partial charge in [-0.05, 0) is 24.2 Å². The zero-order valence-corrected chi connectivity index (χ0v) is 12.7. The molecule has 0 N–H and O–H groups in total. The van der Waals surface area contributed by atoms with Crippen LogP contribution in [0.15, 0.2) is 0 Å². The third-order valence-electron chi connectivity index (χ3n) is 2.54. The van der Waals surface area contributed by atoms with Gasteiger partial charge in [0.25, 0.3) is 0 Å². The maximum atomic E-state index is 5.61. The third-order valence-corrected chi connectivity index (χ3v) is 4.92. The van der Waals surface area contributed by atoms with Crippen molar-refractivity contribution in [2.24, 2.45) is 11.3 Å². The zero-order valence-electron chi connectivity index (χ0n) is 9.48. The van der Waals surface area contributed by atoms with Gasteiger partial charge < -0.3 is 4.74 Å². The number of ether oxygens (including phenoxy) is 1. The number of alkyl halides is 2. The van der Waals surface area contributed by atoms with E-state index < -0.39 is 0 Å². The molecule has 0 bridgehead atoms. The minimum atomic E-state index is 0.372. The number of halogens is 2. The molecule has 0 saturated carbocycles. The largest absolute Gasteiger partial charge is 0.381 e. The molecule has 0 aromatic carbocycles. The van der Waals surface area contributed by atoms with Crippen molar-refractivity contribution < 1.29 is 4.74 Å². The fourth-order valence-electron chi connectivity index (χ4n) is 1.14. The molecule has 0 heterocycles. The average molecular weight is 330 g/mol. The molecular formula is C11H22Br2O. The molecule has 0 spiro atoms. The average Bonchev–Trinajstić information content (AvgIpc) is 2.19. The van der Waals surface area contributed by atoms with Crippen LogP contribution in [0.3, 0.4) is 0 Å². The van der Waals surface area contributed by atoms with E-state index in [1.54, 1.807) is 0 Å². The van der Waals surface area contributed by atoms with Crippen LogP contribution in [-0.4, -0.2) is 23.9 Å². The summed E-state index contributed by atoms with van der Waals surface area (Å²) in [7, 11) is 0. The van der Waals surface area contributed by atoms with Crippen molar-refractivity contribution in [1.29, 1.82) is 0 Å². The monoisotopic (exact) mass is 328 g/mol. The second kappa shape index (κ2) is 8.12. The highest BCUT2D eigenvalue weighted by atomic mass is 79.9. The highest BCUT2D eigenvalue weighted by Crippen LogP contribution is 2.31. The number of hydrogen-bond donors (Lipinski definition) is 0. The van der Waals surface area contributed by atoms with Crippen molar-refractivity contribution in [3.8, 4) is 0 Å². The molecule has 0 amide bonds. The van der Waals surface area contributed by atoms with E-state index in [9.17, 15) is 0 Å². The van der Waals surface area contributed by atoms with Gasteiger partial charge in [0, 0.05) is 23.9 Å². The normalized spacial score (nSPS) is 12.4. The third kappa shape index (κ3) is 5.72. The molecule has 0 aromatic rings.